The summed E-state index contributed by atoms with van der Waals surface area (Å²) in [5.41, 5.74) is 15.7. The molecule has 0 radical (unpaired) electrons. The number of nitrogens with one attached hydrogen (secondary N) is 2. The van der Waals surface area contributed by atoms with Gasteiger partial charge in [-0.25, -0.2) is 4.39 Å². The summed E-state index contributed by atoms with van der Waals surface area (Å²) in [4.78, 5) is 31.8. The van der Waals surface area contributed by atoms with Crippen molar-refractivity contribution in [3.8, 4) is 0 Å². The third-order valence-electron chi connectivity index (χ3n) is 6.75. The van der Waals surface area contributed by atoms with Crippen molar-refractivity contribution in [3.63, 3.8) is 0 Å². The Morgan fingerprint density at radius 1 is 1.05 bits per heavy atom. The van der Waals surface area contributed by atoms with Crippen LogP contribution in [-0.2, 0) is 29.0 Å². The number of guanidine groups is 1. The standard InChI is InChI=1S/C29H32ClFN6O2/c1-37(12-11-18-5-3-2-4-6-18)17-19-7-9-23-20(13-19)14-21(16-34-29(32)33)26(23)36-28(39)27(38)35-22-8-10-24(30)25(31)15-22/h2-10,13,15,21,26H,11-12,14,16-17H2,1H3,(H,35,38)(H,36,39)(H4,32,33,34)/t21-,26-/m1/s1. The van der Waals surface area contributed by atoms with Gasteiger partial charge < -0.3 is 27.0 Å². The number of nitrogens with two attached hydrogens (primary N) is 2. The molecular formula is C29H32ClFN6O2. The summed E-state index contributed by atoms with van der Waals surface area (Å²) in [5, 5.41) is 5.15. The Kier molecular flexibility index (Phi) is 9.16. The van der Waals surface area contributed by atoms with Crippen LogP contribution in [0.1, 0.15) is 28.3 Å². The van der Waals surface area contributed by atoms with Crippen LogP contribution in [0.15, 0.2) is 71.7 Å². The predicted octanol–water partition coefficient (Wildman–Crippen LogP) is 3.40. The number of halogens is 2. The molecule has 0 spiro atoms. The van der Waals surface area contributed by atoms with Crippen molar-refractivity contribution in [2.24, 2.45) is 22.4 Å². The topological polar surface area (TPSA) is 126 Å². The number of carbonyl (C=O) groups is 2. The number of carbonyl (C=O) groups excluding carboxylic acids is 2. The molecule has 204 valence electrons. The van der Waals surface area contributed by atoms with E-state index in [-0.39, 0.29) is 29.1 Å². The van der Waals surface area contributed by atoms with E-state index in [9.17, 15) is 14.0 Å². The van der Waals surface area contributed by atoms with E-state index in [0.717, 1.165) is 42.3 Å². The van der Waals surface area contributed by atoms with E-state index >= 15 is 0 Å². The Bertz CT molecular complexity index is 1360. The van der Waals surface area contributed by atoms with Gasteiger partial charge in [0.1, 0.15) is 5.82 Å². The average molecular weight is 551 g/mol. The normalized spacial score (nSPS) is 16.0. The van der Waals surface area contributed by atoms with E-state index in [1.165, 1.54) is 17.7 Å². The smallest absolute Gasteiger partial charge is 0.313 e. The summed E-state index contributed by atoms with van der Waals surface area (Å²) >= 11 is 5.69. The molecular weight excluding hydrogens is 519 g/mol. The molecule has 8 nitrogen and oxygen atoms in total. The SMILES string of the molecule is CN(CCc1ccccc1)Cc1ccc2c(c1)C[C@H](CN=C(N)N)[C@H]2NC(=O)C(=O)Nc1ccc(Cl)c(F)c1. The van der Waals surface area contributed by atoms with Crippen molar-refractivity contribution in [2.45, 2.75) is 25.4 Å². The summed E-state index contributed by atoms with van der Waals surface area (Å²) < 4.78 is 13.7. The summed E-state index contributed by atoms with van der Waals surface area (Å²) in [6.45, 7) is 1.98. The van der Waals surface area contributed by atoms with Crippen LogP contribution in [-0.4, -0.2) is 42.8 Å². The van der Waals surface area contributed by atoms with Crippen molar-refractivity contribution in [2.75, 3.05) is 25.5 Å². The zero-order chi connectivity index (χ0) is 27.9. The maximum absolute atomic E-state index is 13.7. The lowest BCUT2D eigenvalue weighted by Crippen LogP contribution is -2.40. The van der Waals surface area contributed by atoms with E-state index in [1.54, 1.807) is 0 Å². The van der Waals surface area contributed by atoms with Crippen molar-refractivity contribution in [3.05, 3.63) is 99.8 Å². The first kappa shape index (κ1) is 28.1. The van der Waals surface area contributed by atoms with Gasteiger partial charge in [-0.3, -0.25) is 14.6 Å². The molecule has 0 fully saturated rings. The van der Waals surface area contributed by atoms with Crippen LogP contribution in [0.3, 0.4) is 0 Å². The fraction of sp³-hybridized carbons (Fsp3) is 0.276. The highest BCUT2D eigenvalue weighted by Crippen LogP contribution is 2.37. The second kappa shape index (κ2) is 12.7. The fourth-order valence-electron chi connectivity index (χ4n) is 4.80. The van der Waals surface area contributed by atoms with E-state index in [0.29, 0.717) is 6.42 Å². The lowest BCUT2D eigenvalue weighted by Gasteiger charge is -2.21. The minimum Gasteiger partial charge on any atom is -0.370 e. The Morgan fingerprint density at radius 2 is 1.82 bits per heavy atom. The largest absolute Gasteiger partial charge is 0.370 e. The van der Waals surface area contributed by atoms with Gasteiger partial charge in [-0.2, -0.15) is 0 Å². The molecule has 4 rings (SSSR count). The Morgan fingerprint density at radius 3 is 2.54 bits per heavy atom. The molecule has 0 heterocycles. The molecule has 2 atom stereocenters. The number of amides is 2. The zero-order valence-corrected chi connectivity index (χ0v) is 22.4. The van der Waals surface area contributed by atoms with Crippen LogP contribution in [0, 0.1) is 11.7 Å². The molecule has 0 aliphatic heterocycles. The number of nitrogens with zero attached hydrogens (tertiary/aromatic N) is 2. The first-order valence-electron chi connectivity index (χ1n) is 12.7. The van der Waals surface area contributed by atoms with Gasteiger partial charge in [0.15, 0.2) is 5.96 Å². The summed E-state index contributed by atoms with van der Waals surface area (Å²) in [6.07, 6.45) is 1.60. The van der Waals surface area contributed by atoms with Gasteiger partial charge in [-0.15, -0.1) is 0 Å². The minimum absolute atomic E-state index is 0.0423. The highest BCUT2D eigenvalue weighted by Gasteiger charge is 2.35. The monoisotopic (exact) mass is 550 g/mol. The highest BCUT2D eigenvalue weighted by atomic mass is 35.5. The molecule has 0 aromatic heterocycles. The first-order chi connectivity index (χ1) is 18.7. The average Bonchev–Trinajstić information content (AvgIpc) is 3.25. The number of rotatable bonds is 9. The van der Waals surface area contributed by atoms with Crippen LogP contribution in [0.25, 0.3) is 0 Å². The second-order valence-electron chi connectivity index (χ2n) is 9.77. The molecule has 6 N–H and O–H groups in total. The fourth-order valence-corrected chi connectivity index (χ4v) is 4.92. The van der Waals surface area contributed by atoms with Crippen molar-refractivity contribution in [1.82, 2.24) is 10.2 Å². The van der Waals surface area contributed by atoms with Crippen molar-refractivity contribution >= 4 is 35.1 Å². The minimum atomic E-state index is -0.914. The van der Waals surface area contributed by atoms with Crippen LogP contribution in [0.5, 0.6) is 0 Å². The number of fused-ring (bicyclic) bond motifs is 1. The number of likely N-dealkylation sites (N-methyl/N-ethyl adjacent to an activating group) is 1. The van der Waals surface area contributed by atoms with Gasteiger partial charge in [0, 0.05) is 31.2 Å². The molecule has 1 aliphatic rings. The predicted molar refractivity (Wildman–Crippen MR) is 152 cm³/mol. The molecule has 1 aliphatic carbocycles. The number of hydrogen-bond acceptors (Lipinski definition) is 4. The molecule has 3 aromatic rings. The summed E-state index contributed by atoms with van der Waals surface area (Å²) in [5.74, 6) is -2.64. The van der Waals surface area contributed by atoms with Gasteiger partial charge in [0.25, 0.3) is 0 Å². The molecule has 0 bridgehead atoms. The van der Waals surface area contributed by atoms with E-state index in [1.807, 2.05) is 30.3 Å². The van der Waals surface area contributed by atoms with Crippen LogP contribution >= 0.6 is 11.6 Å². The van der Waals surface area contributed by atoms with Crippen LogP contribution < -0.4 is 22.1 Å². The number of benzene rings is 3. The van der Waals surface area contributed by atoms with Gasteiger partial charge in [-0.1, -0.05) is 60.1 Å². The van der Waals surface area contributed by atoms with Crippen LogP contribution in [0.2, 0.25) is 5.02 Å². The van der Waals surface area contributed by atoms with Gasteiger partial charge >= 0.3 is 11.8 Å². The molecule has 2 amide bonds. The number of aliphatic imine (C=N–C) groups is 1. The van der Waals surface area contributed by atoms with Gasteiger partial charge in [-0.05, 0) is 60.3 Å². The first-order valence-corrected chi connectivity index (χ1v) is 13.0. The Labute approximate surface area is 232 Å². The Balaban J connectivity index is 1.44. The van der Waals surface area contributed by atoms with Gasteiger partial charge in [0.05, 0.1) is 11.1 Å². The molecule has 0 saturated heterocycles. The van der Waals surface area contributed by atoms with Crippen molar-refractivity contribution < 1.29 is 14.0 Å². The van der Waals surface area contributed by atoms with E-state index in [2.05, 4.69) is 45.8 Å². The second-order valence-corrected chi connectivity index (χ2v) is 10.2. The molecule has 39 heavy (non-hydrogen) atoms. The maximum atomic E-state index is 13.7. The lowest BCUT2D eigenvalue weighted by atomic mass is 10.0. The van der Waals surface area contributed by atoms with E-state index in [4.69, 9.17) is 23.1 Å². The molecule has 3 aromatic carbocycles. The third-order valence-corrected chi connectivity index (χ3v) is 7.06. The Hall–Kier alpha value is -3.95. The maximum Gasteiger partial charge on any atom is 0.313 e. The lowest BCUT2D eigenvalue weighted by molar-refractivity contribution is -0.136. The van der Waals surface area contributed by atoms with Crippen molar-refractivity contribution in [1.29, 1.82) is 0 Å². The van der Waals surface area contributed by atoms with Crippen LogP contribution in [0.4, 0.5) is 10.1 Å². The molecule has 10 heteroatoms. The summed E-state index contributed by atoms with van der Waals surface area (Å²) in [6, 6.07) is 19.8. The quantitative estimate of drug-likeness (QED) is 0.185. The third kappa shape index (κ3) is 7.55. The summed E-state index contributed by atoms with van der Waals surface area (Å²) in [7, 11) is 2.09. The van der Waals surface area contributed by atoms with Gasteiger partial charge in [0.2, 0.25) is 0 Å². The highest BCUT2D eigenvalue weighted by molar-refractivity contribution is 6.39. The number of anilines is 1. The number of hydrogen-bond donors (Lipinski definition) is 4. The molecule has 0 unspecified atom stereocenters. The molecule has 0 saturated carbocycles. The zero-order valence-electron chi connectivity index (χ0n) is 21.7. The van der Waals surface area contributed by atoms with E-state index < -0.39 is 23.7 Å².